The van der Waals surface area contributed by atoms with E-state index in [0.717, 1.165) is 5.57 Å². The molecule has 0 aromatic rings. The molecule has 1 heterocycles. The zero-order valence-electron chi connectivity index (χ0n) is 9.88. The minimum atomic E-state index is 0.676. The smallest absolute Gasteiger partial charge is 0.0422 e. The first kappa shape index (κ1) is 11.3. The molecule has 1 aliphatic rings. The van der Waals surface area contributed by atoms with Gasteiger partial charge < -0.3 is 9.80 Å². The first-order valence-electron chi connectivity index (χ1n) is 5.26. The maximum atomic E-state index is 3.91. The Kier molecular flexibility index (Phi) is 3.76. The summed E-state index contributed by atoms with van der Waals surface area (Å²) in [7, 11) is 4.37. The van der Waals surface area contributed by atoms with Crippen LogP contribution < -0.4 is 0 Å². The minimum Gasteiger partial charge on any atom is -0.374 e. The van der Waals surface area contributed by atoms with Crippen molar-refractivity contribution in [2.45, 2.75) is 26.3 Å². The van der Waals surface area contributed by atoms with E-state index >= 15 is 0 Å². The molecule has 0 saturated carbocycles. The van der Waals surface area contributed by atoms with Gasteiger partial charge in [0.2, 0.25) is 0 Å². The van der Waals surface area contributed by atoms with E-state index in [1.807, 2.05) is 6.92 Å². The van der Waals surface area contributed by atoms with Gasteiger partial charge in [0.1, 0.15) is 0 Å². The molecule has 2 heteroatoms. The van der Waals surface area contributed by atoms with Crippen molar-refractivity contribution < 1.29 is 0 Å². The summed E-state index contributed by atoms with van der Waals surface area (Å²) in [5.41, 5.74) is 2.44. The molecule has 0 aliphatic carbocycles. The maximum Gasteiger partial charge on any atom is 0.0422 e. The molecule has 0 radical (unpaired) electrons. The zero-order chi connectivity index (χ0) is 10.7. The molecular weight excluding hydrogens is 172 g/mol. The third kappa shape index (κ3) is 2.88. The maximum absolute atomic E-state index is 3.91. The lowest BCUT2D eigenvalue weighted by Crippen LogP contribution is -2.32. The van der Waals surface area contributed by atoms with Gasteiger partial charge in [-0.05, 0) is 39.9 Å². The van der Waals surface area contributed by atoms with Crippen molar-refractivity contribution >= 4 is 0 Å². The Morgan fingerprint density at radius 3 is 2.57 bits per heavy atom. The second kappa shape index (κ2) is 4.65. The number of likely N-dealkylation sites (tertiary alicyclic amines) is 1. The first-order valence-corrected chi connectivity index (χ1v) is 5.26. The lowest BCUT2D eigenvalue weighted by molar-refractivity contribution is 0.296. The highest BCUT2D eigenvalue weighted by atomic mass is 15.2. The Morgan fingerprint density at radius 1 is 1.50 bits per heavy atom. The van der Waals surface area contributed by atoms with E-state index in [1.54, 1.807) is 0 Å². The van der Waals surface area contributed by atoms with E-state index < -0.39 is 0 Å². The number of likely N-dealkylation sites (N-methyl/N-ethyl adjacent to an activating group) is 2. The van der Waals surface area contributed by atoms with Gasteiger partial charge in [-0.25, -0.2) is 0 Å². The van der Waals surface area contributed by atoms with Crippen LogP contribution in [0.15, 0.2) is 23.9 Å². The summed E-state index contributed by atoms with van der Waals surface area (Å²) in [6, 6.07) is 0.676. The predicted octanol–water partition coefficient (Wildman–Crippen LogP) is 2.10. The fraction of sp³-hybridized carbons (Fsp3) is 0.667. The van der Waals surface area contributed by atoms with Crippen molar-refractivity contribution in [2.75, 3.05) is 27.2 Å². The van der Waals surface area contributed by atoms with E-state index in [1.165, 1.54) is 25.2 Å². The Hall–Kier alpha value is -0.760. The van der Waals surface area contributed by atoms with E-state index in [2.05, 4.69) is 43.5 Å². The van der Waals surface area contributed by atoms with Crippen molar-refractivity contribution in [1.29, 1.82) is 0 Å². The molecule has 0 aromatic heterocycles. The van der Waals surface area contributed by atoms with Crippen LogP contribution in [-0.4, -0.2) is 43.0 Å². The molecule has 0 amide bonds. The van der Waals surface area contributed by atoms with E-state index in [9.17, 15) is 0 Å². The number of allylic oxidation sites excluding steroid dienone is 3. The summed E-state index contributed by atoms with van der Waals surface area (Å²) >= 11 is 0. The molecular formula is C12H22N2. The third-order valence-corrected chi connectivity index (χ3v) is 2.93. The van der Waals surface area contributed by atoms with Gasteiger partial charge in [-0.15, -0.1) is 0 Å². The van der Waals surface area contributed by atoms with E-state index in [-0.39, 0.29) is 0 Å². The van der Waals surface area contributed by atoms with Gasteiger partial charge in [0.25, 0.3) is 0 Å². The molecule has 1 saturated heterocycles. The number of hydrogen-bond acceptors (Lipinski definition) is 2. The highest BCUT2D eigenvalue weighted by Crippen LogP contribution is 2.17. The Morgan fingerprint density at radius 2 is 2.14 bits per heavy atom. The SMILES string of the molecule is C=C(C)/C=C(/C)N(C)C1CCN(C)C1. The van der Waals surface area contributed by atoms with Crippen LogP contribution in [0, 0.1) is 0 Å². The predicted molar refractivity (Wildman–Crippen MR) is 62.2 cm³/mol. The molecule has 2 nitrogen and oxygen atoms in total. The summed E-state index contributed by atoms with van der Waals surface area (Å²) in [4.78, 5) is 4.76. The number of nitrogens with zero attached hydrogens (tertiary/aromatic N) is 2. The molecule has 0 spiro atoms. The molecule has 1 aliphatic heterocycles. The molecule has 80 valence electrons. The van der Waals surface area contributed by atoms with Crippen molar-refractivity contribution in [1.82, 2.24) is 9.80 Å². The monoisotopic (exact) mass is 194 g/mol. The zero-order valence-corrected chi connectivity index (χ0v) is 9.88. The second-order valence-electron chi connectivity index (χ2n) is 4.45. The van der Waals surface area contributed by atoms with Crippen molar-refractivity contribution in [3.8, 4) is 0 Å². The topological polar surface area (TPSA) is 6.48 Å². The molecule has 0 N–H and O–H groups in total. The minimum absolute atomic E-state index is 0.676. The van der Waals surface area contributed by atoms with Crippen LogP contribution in [0.1, 0.15) is 20.3 Å². The summed E-state index contributed by atoms with van der Waals surface area (Å²) in [5, 5.41) is 0. The van der Waals surface area contributed by atoms with E-state index in [4.69, 9.17) is 0 Å². The summed E-state index contributed by atoms with van der Waals surface area (Å²) in [6.45, 7) is 10.5. The molecule has 0 bridgehead atoms. The van der Waals surface area contributed by atoms with Gasteiger partial charge in [-0.2, -0.15) is 0 Å². The van der Waals surface area contributed by atoms with Crippen molar-refractivity contribution in [2.24, 2.45) is 0 Å². The van der Waals surface area contributed by atoms with E-state index in [0.29, 0.717) is 6.04 Å². The standard InChI is InChI=1S/C12H22N2/c1-10(2)8-11(3)14(5)12-6-7-13(4)9-12/h8,12H,1,6-7,9H2,2-5H3/b11-8-. The fourth-order valence-corrected chi connectivity index (χ4v) is 1.97. The molecule has 1 fully saturated rings. The van der Waals surface area contributed by atoms with Gasteiger partial charge in [-0.1, -0.05) is 12.2 Å². The van der Waals surface area contributed by atoms with Gasteiger partial charge >= 0.3 is 0 Å². The van der Waals surface area contributed by atoms with Crippen LogP contribution in [0.5, 0.6) is 0 Å². The van der Waals surface area contributed by atoms with Gasteiger partial charge in [0.15, 0.2) is 0 Å². The van der Waals surface area contributed by atoms with Crippen LogP contribution in [0.2, 0.25) is 0 Å². The number of rotatable bonds is 3. The normalized spacial score (nSPS) is 24.0. The highest BCUT2D eigenvalue weighted by Gasteiger charge is 2.22. The lowest BCUT2D eigenvalue weighted by Gasteiger charge is -2.27. The summed E-state index contributed by atoms with van der Waals surface area (Å²) in [5.74, 6) is 0. The highest BCUT2D eigenvalue weighted by molar-refractivity contribution is 5.17. The molecule has 0 aromatic carbocycles. The second-order valence-corrected chi connectivity index (χ2v) is 4.45. The molecule has 14 heavy (non-hydrogen) atoms. The fourth-order valence-electron chi connectivity index (χ4n) is 1.97. The quantitative estimate of drug-likeness (QED) is 0.635. The van der Waals surface area contributed by atoms with Gasteiger partial charge in [0, 0.05) is 25.3 Å². The summed E-state index contributed by atoms with van der Waals surface area (Å²) in [6.07, 6.45) is 3.42. The van der Waals surface area contributed by atoms with Crippen LogP contribution >= 0.6 is 0 Å². The van der Waals surface area contributed by atoms with Gasteiger partial charge in [-0.3, -0.25) is 0 Å². The van der Waals surface area contributed by atoms with Crippen LogP contribution in [0.3, 0.4) is 0 Å². The lowest BCUT2D eigenvalue weighted by atomic mass is 10.2. The Bertz CT molecular complexity index is 243. The molecule has 1 unspecified atom stereocenters. The average molecular weight is 194 g/mol. The van der Waals surface area contributed by atoms with Crippen LogP contribution in [0.25, 0.3) is 0 Å². The largest absolute Gasteiger partial charge is 0.374 e. The van der Waals surface area contributed by atoms with Gasteiger partial charge in [0.05, 0.1) is 0 Å². The van der Waals surface area contributed by atoms with Crippen LogP contribution in [-0.2, 0) is 0 Å². The van der Waals surface area contributed by atoms with Crippen molar-refractivity contribution in [3.63, 3.8) is 0 Å². The molecule has 1 atom stereocenters. The average Bonchev–Trinajstić information content (AvgIpc) is 2.49. The third-order valence-electron chi connectivity index (χ3n) is 2.93. The van der Waals surface area contributed by atoms with Crippen molar-refractivity contribution in [3.05, 3.63) is 23.9 Å². The first-order chi connectivity index (χ1) is 6.50. The Balaban J connectivity index is 2.56. The summed E-state index contributed by atoms with van der Waals surface area (Å²) < 4.78 is 0. The Labute approximate surface area is 87.9 Å². The number of hydrogen-bond donors (Lipinski definition) is 0. The van der Waals surface area contributed by atoms with Crippen LogP contribution in [0.4, 0.5) is 0 Å². The molecule has 1 rings (SSSR count).